The third kappa shape index (κ3) is 3.49. The summed E-state index contributed by atoms with van der Waals surface area (Å²) in [5.74, 6) is -0.111. The third-order valence-corrected chi connectivity index (χ3v) is 4.17. The Labute approximate surface area is 131 Å². The molecule has 22 heavy (non-hydrogen) atoms. The number of carbonyl (C=O) groups excluding carboxylic acids is 2. The van der Waals surface area contributed by atoms with Crippen LogP contribution in [0, 0.1) is 5.92 Å². The Morgan fingerprint density at radius 3 is 2.64 bits per heavy atom. The van der Waals surface area contributed by atoms with Crippen LogP contribution in [-0.2, 0) is 11.3 Å². The molecule has 1 aliphatic carbocycles. The Morgan fingerprint density at radius 2 is 2.00 bits per heavy atom. The Morgan fingerprint density at radius 1 is 1.27 bits per heavy atom. The monoisotopic (exact) mass is 316 g/mol. The standard InChI is InChI=1S/C15H16N4O2S/c16-7-13-19-12(8-22-13)15(21)18-11-3-1-2-10(6-11)17-14(20)9-4-5-9/h1-3,6,8-9H,4-5,7,16H2,(H,17,20)(H,18,21). The molecule has 0 spiro atoms. The molecule has 1 heterocycles. The molecule has 0 atom stereocenters. The summed E-state index contributed by atoms with van der Waals surface area (Å²) < 4.78 is 0. The van der Waals surface area contributed by atoms with Crippen molar-refractivity contribution in [3.63, 3.8) is 0 Å². The van der Waals surface area contributed by atoms with Gasteiger partial charge in [-0.15, -0.1) is 11.3 Å². The second-order valence-electron chi connectivity index (χ2n) is 5.13. The van der Waals surface area contributed by atoms with Gasteiger partial charge in [0, 0.05) is 29.2 Å². The Bertz CT molecular complexity index is 709. The van der Waals surface area contributed by atoms with Crippen LogP contribution in [0.5, 0.6) is 0 Å². The minimum atomic E-state index is -0.290. The molecule has 3 rings (SSSR count). The largest absolute Gasteiger partial charge is 0.326 e. The Kier molecular flexibility index (Phi) is 4.17. The van der Waals surface area contributed by atoms with Crippen molar-refractivity contribution in [2.75, 3.05) is 10.6 Å². The average molecular weight is 316 g/mol. The van der Waals surface area contributed by atoms with Gasteiger partial charge in [-0.05, 0) is 31.0 Å². The highest BCUT2D eigenvalue weighted by Gasteiger charge is 2.29. The third-order valence-electron chi connectivity index (χ3n) is 3.30. The van der Waals surface area contributed by atoms with Gasteiger partial charge in [0.05, 0.1) is 0 Å². The lowest BCUT2D eigenvalue weighted by molar-refractivity contribution is -0.117. The van der Waals surface area contributed by atoms with Crippen LogP contribution in [0.4, 0.5) is 11.4 Å². The summed E-state index contributed by atoms with van der Waals surface area (Å²) in [6.07, 6.45) is 1.91. The number of nitrogens with one attached hydrogen (secondary N) is 2. The number of thiazole rings is 1. The fraction of sp³-hybridized carbons (Fsp3) is 0.267. The molecule has 1 fully saturated rings. The van der Waals surface area contributed by atoms with Crippen molar-refractivity contribution in [2.45, 2.75) is 19.4 Å². The minimum Gasteiger partial charge on any atom is -0.326 e. The van der Waals surface area contributed by atoms with Crippen LogP contribution < -0.4 is 16.4 Å². The zero-order valence-electron chi connectivity index (χ0n) is 11.8. The molecule has 1 aliphatic rings. The van der Waals surface area contributed by atoms with Gasteiger partial charge in [-0.2, -0.15) is 0 Å². The molecular formula is C15H16N4O2S. The molecule has 1 saturated carbocycles. The lowest BCUT2D eigenvalue weighted by Crippen LogP contribution is -2.15. The maximum Gasteiger partial charge on any atom is 0.275 e. The van der Waals surface area contributed by atoms with Crippen LogP contribution >= 0.6 is 11.3 Å². The van der Waals surface area contributed by atoms with E-state index in [0.717, 1.165) is 17.8 Å². The SMILES string of the molecule is NCc1nc(C(=O)Nc2cccc(NC(=O)C3CC3)c2)cs1. The maximum absolute atomic E-state index is 12.1. The molecule has 0 saturated heterocycles. The quantitative estimate of drug-likeness (QED) is 0.787. The smallest absolute Gasteiger partial charge is 0.275 e. The molecule has 6 nitrogen and oxygen atoms in total. The molecule has 1 aromatic carbocycles. The first-order valence-corrected chi connectivity index (χ1v) is 7.90. The highest BCUT2D eigenvalue weighted by Crippen LogP contribution is 2.30. The number of anilines is 2. The Hall–Kier alpha value is -2.25. The van der Waals surface area contributed by atoms with Gasteiger partial charge < -0.3 is 16.4 Å². The van der Waals surface area contributed by atoms with Crippen molar-refractivity contribution in [3.8, 4) is 0 Å². The van der Waals surface area contributed by atoms with Crippen LogP contribution in [0.3, 0.4) is 0 Å². The molecule has 0 radical (unpaired) electrons. The van der Waals surface area contributed by atoms with E-state index in [9.17, 15) is 9.59 Å². The van der Waals surface area contributed by atoms with Crippen molar-refractivity contribution in [1.82, 2.24) is 4.98 Å². The summed E-state index contributed by atoms with van der Waals surface area (Å²) in [4.78, 5) is 28.0. The van der Waals surface area contributed by atoms with Gasteiger partial charge in [0.25, 0.3) is 5.91 Å². The summed E-state index contributed by atoms with van der Waals surface area (Å²) >= 11 is 1.36. The summed E-state index contributed by atoms with van der Waals surface area (Å²) in [5, 5.41) is 8.01. The van der Waals surface area contributed by atoms with E-state index in [0.29, 0.717) is 23.6 Å². The highest BCUT2D eigenvalue weighted by molar-refractivity contribution is 7.09. The number of nitrogens with zero attached hydrogens (tertiary/aromatic N) is 1. The normalized spacial score (nSPS) is 13.7. The van der Waals surface area contributed by atoms with E-state index in [4.69, 9.17) is 5.73 Å². The van der Waals surface area contributed by atoms with Crippen molar-refractivity contribution in [2.24, 2.45) is 11.7 Å². The molecule has 0 unspecified atom stereocenters. The van der Waals surface area contributed by atoms with Crippen LogP contribution in [0.25, 0.3) is 0 Å². The van der Waals surface area contributed by atoms with Gasteiger partial charge in [0.15, 0.2) is 0 Å². The molecule has 0 bridgehead atoms. The Balaban J connectivity index is 1.66. The molecule has 4 N–H and O–H groups in total. The van der Waals surface area contributed by atoms with E-state index in [1.54, 1.807) is 29.6 Å². The molecule has 1 aromatic heterocycles. The van der Waals surface area contributed by atoms with Crippen molar-refractivity contribution >= 4 is 34.5 Å². The van der Waals surface area contributed by atoms with Crippen LogP contribution in [-0.4, -0.2) is 16.8 Å². The lowest BCUT2D eigenvalue weighted by atomic mass is 10.2. The van der Waals surface area contributed by atoms with E-state index >= 15 is 0 Å². The number of amides is 2. The first kappa shape index (κ1) is 14.7. The van der Waals surface area contributed by atoms with Crippen LogP contribution in [0.1, 0.15) is 28.3 Å². The number of nitrogens with two attached hydrogens (primary N) is 1. The summed E-state index contributed by atoms with van der Waals surface area (Å²) in [6, 6.07) is 7.07. The molecule has 2 amide bonds. The molecule has 7 heteroatoms. The maximum atomic E-state index is 12.1. The summed E-state index contributed by atoms with van der Waals surface area (Å²) in [7, 11) is 0. The zero-order valence-corrected chi connectivity index (χ0v) is 12.7. The van der Waals surface area contributed by atoms with Crippen LogP contribution in [0.15, 0.2) is 29.6 Å². The lowest BCUT2D eigenvalue weighted by Gasteiger charge is -2.07. The number of rotatable bonds is 5. The van der Waals surface area contributed by atoms with E-state index in [1.807, 2.05) is 0 Å². The minimum absolute atomic E-state index is 0.0376. The molecule has 114 valence electrons. The predicted octanol–water partition coefficient (Wildman–Crippen LogP) is 2.20. The van der Waals surface area contributed by atoms with Gasteiger partial charge in [-0.1, -0.05) is 6.07 Å². The van der Waals surface area contributed by atoms with Gasteiger partial charge in [0.2, 0.25) is 5.91 Å². The second kappa shape index (κ2) is 6.25. The van der Waals surface area contributed by atoms with Crippen molar-refractivity contribution in [1.29, 1.82) is 0 Å². The topological polar surface area (TPSA) is 97.1 Å². The van der Waals surface area contributed by atoms with Gasteiger partial charge in [-0.3, -0.25) is 9.59 Å². The van der Waals surface area contributed by atoms with Crippen molar-refractivity contribution < 1.29 is 9.59 Å². The fourth-order valence-corrected chi connectivity index (χ4v) is 2.62. The van der Waals surface area contributed by atoms with Crippen molar-refractivity contribution in [3.05, 3.63) is 40.3 Å². The van der Waals surface area contributed by atoms with E-state index in [1.165, 1.54) is 11.3 Å². The predicted molar refractivity (Wildman–Crippen MR) is 85.8 cm³/mol. The fourth-order valence-electron chi connectivity index (χ4n) is 1.97. The van der Waals surface area contributed by atoms with Gasteiger partial charge in [-0.25, -0.2) is 4.98 Å². The van der Waals surface area contributed by atoms with Crippen LogP contribution in [0.2, 0.25) is 0 Å². The van der Waals surface area contributed by atoms with Gasteiger partial charge >= 0.3 is 0 Å². The molecule has 0 aliphatic heterocycles. The summed E-state index contributed by atoms with van der Waals surface area (Å²) in [6.45, 7) is 0.320. The van der Waals surface area contributed by atoms with E-state index in [2.05, 4.69) is 15.6 Å². The van der Waals surface area contributed by atoms with E-state index in [-0.39, 0.29) is 17.7 Å². The highest BCUT2D eigenvalue weighted by atomic mass is 32.1. The number of hydrogen-bond acceptors (Lipinski definition) is 5. The molecular weight excluding hydrogens is 300 g/mol. The first-order valence-electron chi connectivity index (χ1n) is 7.02. The average Bonchev–Trinajstić information content (AvgIpc) is 3.25. The number of hydrogen-bond donors (Lipinski definition) is 3. The molecule has 2 aromatic rings. The van der Waals surface area contributed by atoms with E-state index < -0.39 is 0 Å². The number of benzene rings is 1. The summed E-state index contributed by atoms with van der Waals surface area (Å²) in [5.41, 5.74) is 7.12. The zero-order chi connectivity index (χ0) is 15.5. The van der Waals surface area contributed by atoms with Gasteiger partial charge in [0.1, 0.15) is 10.7 Å². The second-order valence-corrected chi connectivity index (χ2v) is 6.07. The number of aromatic nitrogens is 1. The first-order chi connectivity index (χ1) is 10.7. The number of carbonyl (C=O) groups is 2.